The van der Waals surface area contributed by atoms with Crippen molar-refractivity contribution in [3.8, 4) is 0 Å². The van der Waals surface area contributed by atoms with Gasteiger partial charge in [0, 0.05) is 15.7 Å². The van der Waals surface area contributed by atoms with Crippen LogP contribution in [0.2, 0.25) is 10.0 Å². The number of urea groups is 1. The molecule has 2 amide bonds. The highest BCUT2D eigenvalue weighted by Gasteiger charge is 2.19. The van der Waals surface area contributed by atoms with Gasteiger partial charge in [0.1, 0.15) is 6.04 Å². The van der Waals surface area contributed by atoms with Crippen LogP contribution in [0.15, 0.2) is 18.2 Å². The summed E-state index contributed by atoms with van der Waals surface area (Å²) in [7, 11) is 0. The summed E-state index contributed by atoms with van der Waals surface area (Å²) in [4.78, 5) is 22.7. The number of rotatable bonds is 6. The van der Waals surface area contributed by atoms with Crippen molar-refractivity contribution in [2.24, 2.45) is 0 Å². The molecule has 0 aliphatic carbocycles. The van der Waals surface area contributed by atoms with E-state index in [2.05, 4.69) is 10.6 Å². The monoisotopic (exact) mass is 336 g/mol. The minimum atomic E-state index is -1.07. The first-order valence-corrected chi connectivity index (χ1v) is 7.82. The number of amides is 2. The van der Waals surface area contributed by atoms with Gasteiger partial charge in [-0.3, -0.25) is 0 Å². The number of aliphatic carboxylic acids is 1. The van der Waals surface area contributed by atoms with E-state index in [0.29, 0.717) is 27.9 Å². The number of anilines is 1. The zero-order chi connectivity index (χ0) is 15.1. The third kappa shape index (κ3) is 5.90. The summed E-state index contributed by atoms with van der Waals surface area (Å²) >= 11 is 13.1. The Bertz CT molecular complexity index is 479. The minimum absolute atomic E-state index is 0.347. The molecule has 3 N–H and O–H groups in total. The molecule has 0 aliphatic heterocycles. The average Bonchev–Trinajstić information content (AvgIpc) is 2.32. The van der Waals surface area contributed by atoms with Gasteiger partial charge in [-0.15, -0.1) is 0 Å². The number of carboxylic acids is 1. The molecule has 1 rings (SSSR count). The van der Waals surface area contributed by atoms with Crippen LogP contribution < -0.4 is 10.6 Å². The Balaban J connectivity index is 2.63. The fraction of sp³-hybridized carbons (Fsp3) is 0.333. The van der Waals surface area contributed by atoms with Gasteiger partial charge in [-0.25, -0.2) is 9.59 Å². The van der Waals surface area contributed by atoms with Gasteiger partial charge in [-0.2, -0.15) is 11.8 Å². The maximum absolute atomic E-state index is 11.7. The molecule has 20 heavy (non-hydrogen) atoms. The van der Waals surface area contributed by atoms with Gasteiger partial charge in [0.05, 0.1) is 0 Å². The van der Waals surface area contributed by atoms with Crippen molar-refractivity contribution >= 4 is 52.7 Å². The summed E-state index contributed by atoms with van der Waals surface area (Å²) in [6.07, 6.45) is 2.22. The first-order valence-electron chi connectivity index (χ1n) is 5.67. The molecule has 5 nitrogen and oxygen atoms in total. The Morgan fingerprint density at radius 1 is 1.30 bits per heavy atom. The zero-order valence-electron chi connectivity index (χ0n) is 10.7. The van der Waals surface area contributed by atoms with Gasteiger partial charge in [0.2, 0.25) is 0 Å². The number of halogens is 2. The number of nitrogens with one attached hydrogen (secondary N) is 2. The molecule has 0 saturated carbocycles. The number of benzene rings is 1. The van der Waals surface area contributed by atoms with Crippen LogP contribution in [0.4, 0.5) is 10.5 Å². The van der Waals surface area contributed by atoms with Crippen molar-refractivity contribution in [1.82, 2.24) is 5.32 Å². The molecule has 0 saturated heterocycles. The lowest BCUT2D eigenvalue weighted by Gasteiger charge is -2.14. The third-order valence-electron chi connectivity index (χ3n) is 2.33. The summed E-state index contributed by atoms with van der Waals surface area (Å²) in [6, 6.07) is 3.02. The van der Waals surface area contributed by atoms with Crippen LogP contribution in [-0.2, 0) is 4.79 Å². The van der Waals surface area contributed by atoms with E-state index in [1.165, 1.54) is 30.0 Å². The Morgan fingerprint density at radius 3 is 2.40 bits per heavy atom. The van der Waals surface area contributed by atoms with Crippen molar-refractivity contribution in [2.75, 3.05) is 17.3 Å². The molecule has 1 atom stereocenters. The Hall–Kier alpha value is -1.11. The second kappa shape index (κ2) is 8.24. The van der Waals surface area contributed by atoms with Gasteiger partial charge < -0.3 is 15.7 Å². The molecule has 1 aromatic carbocycles. The molecule has 0 bridgehead atoms. The normalized spacial score (nSPS) is 11.8. The highest BCUT2D eigenvalue weighted by molar-refractivity contribution is 7.98. The number of carboxylic acid groups (broad SMARTS) is 1. The van der Waals surface area contributed by atoms with Gasteiger partial charge in [0.25, 0.3) is 0 Å². The van der Waals surface area contributed by atoms with E-state index in [-0.39, 0.29) is 0 Å². The predicted molar refractivity (Wildman–Crippen MR) is 83.0 cm³/mol. The highest BCUT2D eigenvalue weighted by atomic mass is 35.5. The lowest BCUT2D eigenvalue weighted by atomic mass is 10.2. The van der Waals surface area contributed by atoms with Gasteiger partial charge >= 0.3 is 12.0 Å². The van der Waals surface area contributed by atoms with Crippen molar-refractivity contribution in [2.45, 2.75) is 12.5 Å². The van der Waals surface area contributed by atoms with E-state index in [9.17, 15) is 9.59 Å². The molecule has 0 radical (unpaired) electrons. The fourth-order valence-corrected chi connectivity index (χ4v) is 2.44. The molecular formula is C12H14Cl2N2O3S. The molecule has 1 aromatic rings. The molecule has 0 aliphatic rings. The molecule has 0 spiro atoms. The SMILES string of the molecule is CSCC[C@@H](NC(=O)Nc1cc(Cl)cc(Cl)c1)C(=O)O. The van der Waals surface area contributed by atoms with Gasteiger partial charge in [0.15, 0.2) is 0 Å². The lowest BCUT2D eigenvalue weighted by Crippen LogP contribution is -2.43. The number of carbonyl (C=O) groups excluding carboxylic acids is 1. The molecule has 0 unspecified atom stereocenters. The van der Waals surface area contributed by atoms with Crippen molar-refractivity contribution < 1.29 is 14.7 Å². The summed E-state index contributed by atoms with van der Waals surface area (Å²) in [6.45, 7) is 0. The maximum Gasteiger partial charge on any atom is 0.326 e. The van der Waals surface area contributed by atoms with Gasteiger partial charge in [-0.1, -0.05) is 23.2 Å². The van der Waals surface area contributed by atoms with Crippen LogP contribution in [-0.4, -0.2) is 35.2 Å². The summed E-state index contributed by atoms with van der Waals surface area (Å²) in [5.74, 6) is -0.432. The largest absolute Gasteiger partial charge is 0.480 e. The van der Waals surface area contributed by atoms with Crippen LogP contribution >= 0.6 is 35.0 Å². The second-order valence-corrected chi connectivity index (χ2v) is 5.79. The standard InChI is InChI=1S/C12H14Cl2N2O3S/c1-20-3-2-10(11(17)18)16-12(19)15-9-5-7(13)4-8(14)6-9/h4-6,10H,2-3H2,1H3,(H,17,18)(H2,15,16,19)/t10-/m1/s1. The molecule has 0 fully saturated rings. The number of hydrogen-bond donors (Lipinski definition) is 3. The first-order chi connectivity index (χ1) is 9.42. The third-order valence-corrected chi connectivity index (χ3v) is 3.41. The van der Waals surface area contributed by atoms with Crippen LogP contribution in [0, 0.1) is 0 Å². The van der Waals surface area contributed by atoms with E-state index in [0.717, 1.165) is 0 Å². The molecule has 8 heteroatoms. The smallest absolute Gasteiger partial charge is 0.326 e. The Morgan fingerprint density at radius 2 is 1.90 bits per heavy atom. The van der Waals surface area contributed by atoms with Crippen LogP contribution in [0.1, 0.15) is 6.42 Å². The lowest BCUT2D eigenvalue weighted by molar-refractivity contribution is -0.139. The second-order valence-electron chi connectivity index (χ2n) is 3.93. The van der Waals surface area contributed by atoms with E-state index >= 15 is 0 Å². The van der Waals surface area contributed by atoms with Crippen LogP contribution in [0.5, 0.6) is 0 Å². The van der Waals surface area contributed by atoms with E-state index in [1.54, 1.807) is 0 Å². The predicted octanol–water partition coefficient (Wildman–Crippen LogP) is 3.32. The summed E-state index contributed by atoms with van der Waals surface area (Å²) in [5.41, 5.74) is 0.397. The van der Waals surface area contributed by atoms with Crippen molar-refractivity contribution in [3.63, 3.8) is 0 Å². The maximum atomic E-state index is 11.7. The van der Waals surface area contributed by atoms with Gasteiger partial charge in [-0.05, 0) is 36.6 Å². The first kappa shape index (κ1) is 16.9. The Labute approximate surface area is 131 Å². The van der Waals surface area contributed by atoms with Crippen LogP contribution in [0.3, 0.4) is 0 Å². The highest BCUT2D eigenvalue weighted by Crippen LogP contribution is 2.22. The van der Waals surface area contributed by atoms with Crippen molar-refractivity contribution in [1.29, 1.82) is 0 Å². The van der Waals surface area contributed by atoms with E-state index in [4.69, 9.17) is 28.3 Å². The number of hydrogen-bond acceptors (Lipinski definition) is 3. The summed E-state index contributed by atoms with van der Waals surface area (Å²) < 4.78 is 0. The van der Waals surface area contributed by atoms with Crippen LogP contribution in [0.25, 0.3) is 0 Å². The quantitative estimate of drug-likeness (QED) is 0.744. The summed E-state index contributed by atoms with van der Waals surface area (Å²) in [5, 5.41) is 14.7. The number of thioether (sulfide) groups is 1. The molecular weight excluding hydrogens is 323 g/mol. The van der Waals surface area contributed by atoms with Crippen molar-refractivity contribution in [3.05, 3.63) is 28.2 Å². The molecule has 0 heterocycles. The Kier molecular flexibility index (Phi) is 6.98. The zero-order valence-corrected chi connectivity index (χ0v) is 13.0. The fourth-order valence-electron chi connectivity index (χ4n) is 1.44. The van der Waals surface area contributed by atoms with E-state index < -0.39 is 18.0 Å². The topological polar surface area (TPSA) is 78.4 Å². The molecule has 0 aromatic heterocycles. The molecule has 110 valence electrons. The van der Waals surface area contributed by atoms with E-state index in [1.807, 2.05) is 6.26 Å². The number of carbonyl (C=O) groups is 2. The average molecular weight is 337 g/mol. The minimum Gasteiger partial charge on any atom is -0.480 e.